The number of hydrogen-bond acceptors (Lipinski definition) is 7. The summed E-state index contributed by atoms with van der Waals surface area (Å²) in [4.78, 5) is 35.8. The number of hydrogen-bond donors (Lipinski definition) is 3. The molecule has 4 aliphatic rings. The SMILES string of the molecule is CC1CC2C(OC(=O)C(I)C34NI3N4)OC(=O)C1C2C(=O)O. The van der Waals surface area contributed by atoms with E-state index in [1.807, 2.05) is 29.5 Å². The van der Waals surface area contributed by atoms with Crippen LogP contribution < -0.4 is 7.06 Å². The summed E-state index contributed by atoms with van der Waals surface area (Å²) >= 11 is 0.750. The second-order valence-corrected chi connectivity index (χ2v) is 11.7. The molecule has 0 aromatic carbocycles. The number of fused-ring (bicyclic) bond motifs is 3. The van der Waals surface area contributed by atoms with Gasteiger partial charge in [0.1, 0.15) is 0 Å². The predicted octanol–water partition coefficient (Wildman–Crippen LogP) is 0.386. The molecule has 4 rings (SSSR count). The van der Waals surface area contributed by atoms with E-state index < -0.39 is 62.3 Å². The number of rotatable bonds is 4. The van der Waals surface area contributed by atoms with Crippen LogP contribution in [0, 0.1) is 23.7 Å². The molecule has 3 N–H and O–H groups in total. The van der Waals surface area contributed by atoms with Crippen molar-refractivity contribution in [2.45, 2.75) is 27.2 Å². The van der Waals surface area contributed by atoms with Crippen molar-refractivity contribution in [1.82, 2.24) is 7.06 Å². The number of ether oxygens (including phenoxy) is 2. The van der Waals surface area contributed by atoms with Crippen molar-refractivity contribution in [2.24, 2.45) is 23.7 Å². The fraction of sp³-hybridized carbons (Fsp3) is 0.750. The van der Waals surface area contributed by atoms with Crippen molar-refractivity contribution in [3.8, 4) is 0 Å². The van der Waals surface area contributed by atoms with E-state index in [9.17, 15) is 19.5 Å². The third-order valence-corrected chi connectivity index (χ3v) is 11.9. The monoisotopic (exact) mass is 536 g/mol. The number of alkyl halides is 2. The number of aliphatic carboxylic acids is 1. The summed E-state index contributed by atoms with van der Waals surface area (Å²) < 4.78 is 16.5. The number of carbonyl (C=O) groups excluding carboxylic acids is 2. The molecule has 6 unspecified atom stereocenters. The molecule has 6 atom stereocenters. The van der Waals surface area contributed by atoms with Gasteiger partial charge < -0.3 is 0 Å². The molecule has 0 aromatic rings. The van der Waals surface area contributed by atoms with Gasteiger partial charge in [-0.15, -0.1) is 0 Å². The van der Waals surface area contributed by atoms with E-state index in [2.05, 4.69) is 7.06 Å². The summed E-state index contributed by atoms with van der Waals surface area (Å²) in [6.07, 6.45) is -0.576. The second kappa shape index (κ2) is 4.89. The zero-order valence-corrected chi connectivity index (χ0v) is 15.7. The minimum absolute atomic E-state index is 0.0794. The number of cyclic esters (lactones) is 1. The van der Waals surface area contributed by atoms with Gasteiger partial charge in [-0.05, 0) is 0 Å². The molecule has 0 radical (unpaired) electrons. The summed E-state index contributed by atoms with van der Waals surface area (Å²) in [5.74, 6) is -4.07. The summed E-state index contributed by atoms with van der Waals surface area (Å²) in [7, 11) is 0. The second-order valence-electron chi connectivity index (χ2n) is 6.06. The molecule has 1 aliphatic carbocycles. The topological polar surface area (TPSA) is 134 Å². The Balaban J connectivity index is 1.50. The van der Waals surface area contributed by atoms with E-state index in [1.165, 1.54) is 0 Å². The zero-order valence-electron chi connectivity index (χ0n) is 11.4. The van der Waals surface area contributed by atoms with E-state index in [0.717, 1.165) is 0 Å². The first kappa shape index (κ1) is 15.3. The van der Waals surface area contributed by atoms with Gasteiger partial charge in [-0.1, -0.05) is 0 Å². The average Bonchev–Trinajstić information content (AvgIpc) is 3.26. The molecule has 0 spiro atoms. The molecular weight excluding hydrogens is 522 g/mol. The molecule has 10 heteroatoms. The van der Waals surface area contributed by atoms with Crippen LogP contribution in [0.2, 0.25) is 0 Å². The van der Waals surface area contributed by atoms with Gasteiger partial charge in [-0.2, -0.15) is 0 Å². The number of nitrogens with one attached hydrogen (secondary N) is 2. The van der Waals surface area contributed by atoms with Crippen LogP contribution in [-0.2, 0) is 23.9 Å². The van der Waals surface area contributed by atoms with Gasteiger partial charge in [0.25, 0.3) is 0 Å². The Labute approximate surface area is 147 Å². The van der Waals surface area contributed by atoms with Crippen LogP contribution in [0.25, 0.3) is 0 Å². The Kier molecular flexibility index (Phi) is 3.41. The van der Waals surface area contributed by atoms with Gasteiger partial charge in [0, 0.05) is 0 Å². The van der Waals surface area contributed by atoms with Crippen molar-refractivity contribution in [3.05, 3.63) is 0 Å². The van der Waals surface area contributed by atoms with Gasteiger partial charge >= 0.3 is 148 Å². The normalized spacial score (nSPS) is 42.9. The van der Waals surface area contributed by atoms with Crippen LogP contribution >= 0.6 is 43.0 Å². The van der Waals surface area contributed by atoms with E-state index >= 15 is 0 Å². The van der Waals surface area contributed by atoms with E-state index in [0.29, 0.717) is 6.42 Å². The summed E-state index contributed by atoms with van der Waals surface area (Å²) in [6.45, 7) is 1.84. The number of carbonyl (C=O) groups is 3. The van der Waals surface area contributed by atoms with E-state index in [-0.39, 0.29) is 13.5 Å². The van der Waals surface area contributed by atoms with Crippen LogP contribution in [0.1, 0.15) is 13.3 Å². The Morgan fingerprint density at radius 1 is 1.55 bits per heavy atom. The molecule has 4 fully saturated rings. The quantitative estimate of drug-likeness (QED) is 0.117. The fourth-order valence-corrected chi connectivity index (χ4v) is 10.9. The van der Waals surface area contributed by atoms with Crippen molar-refractivity contribution >= 4 is 60.9 Å². The first-order valence-corrected chi connectivity index (χ1v) is 11.4. The van der Waals surface area contributed by atoms with E-state index in [1.54, 1.807) is 0 Å². The third-order valence-electron chi connectivity index (χ3n) is 4.72. The predicted molar refractivity (Wildman–Crippen MR) is 88.7 cm³/mol. The Morgan fingerprint density at radius 2 is 2.18 bits per heavy atom. The number of carboxylic acids is 1. The maximum absolute atomic E-state index is 12.2. The minimum atomic E-state index is -1.27. The molecule has 0 aromatic heterocycles. The molecule has 2 bridgehead atoms. The summed E-state index contributed by atoms with van der Waals surface area (Å²) in [6, 6.07) is 0. The maximum atomic E-state index is 12.2. The summed E-state index contributed by atoms with van der Waals surface area (Å²) in [5.41, 5.74) is 0. The number of halogens is 2. The van der Waals surface area contributed by atoms with Crippen molar-refractivity contribution < 1.29 is 29.0 Å². The molecule has 3 aliphatic heterocycles. The van der Waals surface area contributed by atoms with Crippen LogP contribution in [0.3, 0.4) is 0 Å². The van der Waals surface area contributed by atoms with Crippen molar-refractivity contribution in [2.75, 3.05) is 0 Å². The molecule has 22 heavy (non-hydrogen) atoms. The first-order valence-electron chi connectivity index (χ1n) is 6.88. The van der Waals surface area contributed by atoms with Gasteiger partial charge in [0.15, 0.2) is 0 Å². The molecule has 0 amide bonds. The Hall–Kier alpha value is -0.210. The van der Waals surface area contributed by atoms with Gasteiger partial charge in [0.05, 0.1) is 0 Å². The summed E-state index contributed by atoms with van der Waals surface area (Å²) in [5, 5.41) is 9.40. The molecule has 3 saturated heterocycles. The van der Waals surface area contributed by atoms with Crippen LogP contribution in [0.5, 0.6) is 0 Å². The number of esters is 2. The van der Waals surface area contributed by atoms with Gasteiger partial charge in [-0.3, -0.25) is 0 Å². The van der Waals surface area contributed by atoms with Crippen molar-refractivity contribution in [1.29, 1.82) is 0 Å². The molecule has 8 nitrogen and oxygen atoms in total. The van der Waals surface area contributed by atoms with Gasteiger partial charge in [-0.25, -0.2) is 0 Å². The van der Waals surface area contributed by atoms with Gasteiger partial charge in [0.2, 0.25) is 0 Å². The van der Waals surface area contributed by atoms with Crippen molar-refractivity contribution in [3.63, 3.8) is 0 Å². The fourth-order valence-electron chi connectivity index (χ4n) is 3.50. The Bertz CT molecular complexity index is 580. The number of carboxylic acid groups (broad SMARTS) is 1. The van der Waals surface area contributed by atoms with Crippen LogP contribution in [-0.4, -0.2) is 36.9 Å². The molecular formula is C12H14I2N2O6. The van der Waals surface area contributed by atoms with Crippen LogP contribution in [0.15, 0.2) is 0 Å². The molecule has 122 valence electrons. The Morgan fingerprint density at radius 3 is 2.73 bits per heavy atom. The zero-order chi connectivity index (χ0) is 15.8. The molecule has 3 heterocycles. The standard InChI is InChI=1S/C12H14I2N2O6/c1-3-2-4-6(8(17)18)5(3)9(19)21-11(4)22-10(20)7(13)12-14(15-12)16-12/h3-7,11,15-16H,2H2,1H3,(H,17,18). The van der Waals surface area contributed by atoms with Crippen LogP contribution in [0.4, 0.5) is 0 Å². The van der Waals surface area contributed by atoms with E-state index in [4.69, 9.17) is 9.47 Å². The average molecular weight is 536 g/mol. The first-order chi connectivity index (χ1) is 10.3. The third kappa shape index (κ3) is 2.09. The molecule has 1 saturated carbocycles.